The third kappa shape index (κ3) is 2.88. The van der Waals surface area contributed by atoms with Crippen molar-refractivity contribution in [1.29, 1.82) is 0 Å². The maximum absolute atomic E-state index is 12.0. The van der Waals surface area contributed by atoms with Crippen LogP contribution in [0.2, 0.25) is 0 Å². The molecule has 0 saturated carbocycles. The molecule has 1 aromatic carbocycles. The predicted octanol–water partition coefficient (Wildman–Crippen LogP) is 3.28. The highest BCUT2D eigenvalue weighted by molar-refractivity contribution is 5.35. The summed E-state index contributed by atoms with van der Waals surface area (Å²) in [7, 11) is 0. The number of alkyl halides is 3. The Hall–Kier alpha value is -1.23. The number of hydrogen-bond acceptors (Lipinski definition) is 2. The predicted molar refractivity (Wildman–Crippen MR) is 50.7 cm³/mol. The van der Waals surface area contributed by atoms with Gasteiger partial charge in [-0.1, -0.05) is 12.1 Å². The van der Waals surface area contributed by atoms with Crippen molar-refractivity contribution in [2.45, 2.75) is 19.2 Å². The Kier molecular flexibility index (Phi) is 3.05. The van der Waals surface area contributed by atoms with Crippen LogP contribution in [0.4, 0.5) is 13.2 Å². The van der Waals surface area contributed by atoms with E-state index in [0.29, 0.717) is 12.2 Å². The minimum Gasteiger partial charge on any atom is -0.406 e. The highest BCUT2D eigenvalue weighted by atomic mass is 19.4. The molecule has 0 bridgehead atoms. The van der Waals surface area contributed by atoms with Gasteiger partial charge >= 0.3 is 6.36 Å². The smallest absolute Gasteiger partial charge is 0.406 e. The van der Waals surface area contributed by atoms with Gasteiger partial charge in [0.25, 0.3) is 0 Å². The van der Waals surface area contributed by atoms with E-state index in [4.69, 9.17) is 4.74 Å². The average Bonchev–Trinajstić information content (AvgIpc) is 2.68. The molecule has 1 aromatic rings. The molecule has 0 aromatic heterocycles. The van der Waals surface area contributed by atoms with Gasteiger partial charge in [-0.3, -0.25) is 0 Å². The first-order valence-electron chi connectivity index (χ1n) is 4.89. The Morgan fingerprint density at radius 2 is 2.06 bits per heavy atom. The fraction of sp³-hybridized carbons (Fsp3) is 0.364. The Labute approximate surface area is 91.0 Å². The first-order chi connectivity index (χ1) is 7.54. The summed E-state index contributed by atoms with van der Waals surface area (Å²) in [4.78, 5) is 0. The van der Waals surface area contributed by atoms with Crippen molar-refractivity contribution in [3.8, 4) is 5.75 Å². The molecule has 1 aliphatic heterocycles. The molecule has 0 aliphatic carbocycles. The van der Waals surface area contributed by atoms with E-state index in [1.54, 1.807) is 6.07 Å². The van der Waals surface area contributed by atoms with E-state index in [-0.39, 0.29) is 5.75 Å². The number of hydrogen-bond donors (Lipinski definition) is 0. The van der Waals surface area contributed by atoms with E-state index in [1.165, 1.54) is 18.2 Å². The van der Waals surface area contributed by atoms with Gasteiger partial charge in [-0.05, 0) is 30.5 Å². The fourth-order valence-corrected chi connectivity index (χ4v) is 1.59. The maximum atomic E-state index is 12.0. The van der Waals surface area contributed by atoms with Crippen molar-refractivity contribution in [3.63, 3.8) is 0 Å². The second-order valence-corrected chi connectivity index (χ2v) is 3.45. The summed E-state index contributed by atoms with van der Waals surface area (Å²) < 4.78 is 45.1. The van der Waals surface area contributed by atoms with Crippen LogP contribution >= 0.6 is 0 Å². The Morgan fingerprint density at radius 3 is 2.69 bits per heavy atom. The Balaban J connectivity index is 2.12. The topological polar surface area (TPSA) is 18.5 Å². The van der Waals surface area contributed by atoms with Gasteiger partial charge in [-0.2, -0.15) is 0 Å². The minimum absolute atomic E-state index is 0.215. The van der Waals surface area contributed by atoms with E-state index in [2.05, 4.69) is 4.74 Å². The molecule has 0 amide bonds. The zero-order valence-corrected chi connectivity index (χ0v) is 8.38. The molecule has 2 nitrogen and oxygen atoms in total. The summed E-state index contributed by atoms with van der Waals surface area (Å²) in [5.41, 5.74) is 0.652. The second-order valence-electron chi connectivity index (χ2n) is 3.45. The molecule has 87 valence electrons. The lowest BCUT2D eigenvalue weighted by molar-refractivity contribution is -0.274. The van der Waals surface area contributed by atoms with Crippen LogP contribution in [0.15, 0.2) is 24.3 Å². The SMILES string of the molecule is FC(F)(F)Oc1cccc([C]2CCCO2)c1. The molecule has 1 fully saturated rings. The van der Waals surface area contributed by atoms with Crippen molar-refractivity contribution < 1.29 is 22.6 Å². The van der Waals surface area contributed by atoms with E-state index in [9.17, 15) is 13.2 Å². The van der Waals surface area contributed by atoms with Gasteiger partial charge in [-0.15, -0.1) is 13.2 Å². The highest BCUT2D eigenvalue weighted by Gasteiger charge is 2.31. The quantitative estimate of drug-likeness (QED) is 0.777. The van der Waals surface area contributed by atoms with Crippen molar-refractivity contribution in [2.24, 2.45) is 0 Å². The number of ether oxygens (including phenoxy) is 2. The molecule has 0 atom stereocenters. The molecule has 1 aliphatic rings. The molecule has 1 heterocycles. The average molecular weight is 231 g/mol. The van der Waals surface area contributed by atoms with Crippen molar-refractivity contribution in [1.82, 2.24) is 0 Å². The van der Waals surface area contributed by atoms with E-state index in [1.807, 2.05) is 0 Å². The first kappa shape index (κ1) is 11.3. The number of halogens is 3. The van der Waals surface area contributed by atoms with Gasteiger partial charge in [0, 0.05) is 6.61 Å². The molecular weight excluding hydrogens is 221 g/mol. The molecule has 2 rings (SSSR count). The minimum atomic E-state index is -4.65. The zero-order valence-electron chi connectivity index (χ0n) is 8.38. The van der Waals surface area contributed by atoms with E-state index in [0.717, 1.165) is 18.9 Å². The second kappa shape index (κ2) is 4.33. The fourth-order valence-electron chi connectivity index (χ4n) is 1.59. The van der Waals surface area contributed by atoms with Crippen LogP contribution < -0.4 is 4.74 Å². The van der Waals surface area contributed by atoms with Crippen LogP contribution in [0.25, 0.3) is 0 Å². The molecule has 1 saturated heterocycles. The lowest BCUT2D eigenvalue weighted by Crippen LogP contribution is -2.17. The normalized spacial score (nSPS) is 17.7. The molecule has 0 unspecified atom stereocenters. The summed E-state index contributed by atoms with van der Waals surface area (Å²) in [6.45, 7) is 0.625. The van der Waals surface area contributed by atoms with Gasteiger partial charge in [0.05, 0.1) is 0 Å². The summed E-state index contributed by atoms with van der Waals surface area (Å²) >= 11 is 0. The molecule has 1 radical (unpaired) electrons. The van der Waals surface area contributed by atoms with E-state index < -0.39 is 6.36 Å². The zero-order chi connectivity index (χ0) is 11.6. The van der Waals surface area contributed by atoms with Gasteiger partial charge in [0.2, 0.25) is 0 Å². The molecule has 16 heavy (non-hydrogen) atoms. The van der Waals surface area contributed by atoms with Crippen molar-refractivity contribution in [3.05, 3.63) is 35.9 Å². The molecular formula is C11H10F3O2. The molecule has 0 spiro atoms. The lowest BCUT2D eigenvalue weighted by atomic mass is 10.1. The summed E-state index contributed by atoms with van der Waals surface area (Å²) in [5.74, 6) is -0.215. The summed E-state index contributed by atoms with van der Waals surface area (Å²) in [5, 5.41) is 0. The van der Waals surface area contributed by atoms with Crippen LogP contribution in [0, 0.1) is 6.10 Å². The molecule has 5 heteroatoms. The lowest BCUT2D eigenvalue weighted by Gasteiger charge is -2.12. The standard InChI is InChI=1S/C11H10F3O2/c12-11(13,14)16-9-4-1-3-8(7-9)10-5-2-6-15-10/h1,3-4,7H,2,5-6H2. The Morgan fingerprint density at radius 1 is 1.25 bits per heavy atom. The third-order valence-electron chi connectivity index (χ3n) is 2.21. The van der Waals surface area contributed by atoms with Gasteiger partial charge < -0.3 is 9.47 Å². The number of rotatable bonds is 2. The van der Waals surface area contributed by atoms with Gasteiger partial charge in [0.15, 0.2) is 0 Å². The van der Waals surface area contributed by atoms with Crippen LogP contribution in [0.3, 0.4) is 0 Å². The highest BCUT2D eigenvalue weighted by Crippen LogP contribution is 2.31. The Bertz CT molecular complexity index is 356. The van der Waals surface area contributed by atoms with Crippen molar-refractivity contribution >= 4 is 0 Å². The summed E-state index contributed by atoms with van der Waals surface area (Å²) in [6, 6.07) is 5.84. The van der Waals surface area contributed by atoms with Crippen molar-refractivity contribution in [2.75, 3.05) is 6.61 Å². The summed E-state index contributed by atoms with van der Waals surface area (Å²) in [6.07, 6.45) is -2.26. The van der Waals surface area contributed by atoms with Crippen LogP contribution in [-0.4, -0.2) is 13.0 Å². The van der Waals surface area contributed by atoms with Crippen LogP contribution in [0.1, 0.15) is 18.4 Å². The van der Waals surface area contributed by atoms with Crippen LogP contribution in [-0.2, 0) is 4.74 Å². The largest absolute Gasteiger partial charge is 0.573 e. The maximum Gasteiger partial charge on any atom is 0.573 e. The van der Waals surface area contributed by atoms with Crippen LogP contribution in [0.5, 0.6) is 5.75 Å². The van der Waals surface area contributed by atoms with E-state index >= 15 is 0 Å². The first-order valence-corrected chi connectivity index (χ1v) is 4.89. The monoisotopic (exact) mass is 231 g/mol. The number of benzene rings is 1. The van der Waals surface area contributed by atoms with Gasteiger partial charge in [0.1, 0.15) is 11.9 Å². The molecule has 0 N–H and O–H groups in total. The third-order valence-corrected chi connectivity index (χ3v) is 2.21. The van der Waals surface area contributed by atoms with Gasteiger partial charge in [-0.25, -0.2) is 0 Å².